The molecule has 3 aromatic rings. The van der Waals surface area contributed by atoms with Gasteiger partial charge in [0, 0.05) is 41.4 Å². The van der Waals surface area contributed by atoms with Gasteiger partial charge in [0.25, 0.3) is 0 Å². The number of aliphatic hydroxyl groups is 1. The van der Waals surface area contributed by atoms with E-state index in [1.807, 2.05) is 17.9 Å². The number of rotatable bonds is 9. The number of nitrogens with one attached hydrogen (secondary N) is 1. The van der Waals surface area contributed by atoms with Crippen LogP contribution in [0.5, 0.6) is 5.88 Å². The van der Waals surface area contributed by atoms with E-state index in [-0.39, 0.29) is 48.1 Å². The highest BCUT2D eigenvalue weighted by atomic mass is 35.5. The largest absolute Gasteiger partial charge is 0.480 e. The second-order valence-corrected chi connectivity index (χ2v) is 14.9. The zero-order valence-electron chi connectivity index (χ0n) is 28.6. The number of piperidine rings is 1. The number of fused-ring (bicyclic) bond motifs is 2. The number of halogens is 2. The summed E-state index contributed by atoms with van der Waals surface area (Å²) in [4.78, 5) is 14.1. The number of H-pyrrole nitrogens is 1. The molecule has 1 saturated carbocycles. The number of aryl methyl sites for hydroxylation is 1. The van der Waals surface area contributed by atoms with Crippen LogP contribution >= 0.6 is 11.6 Å². The summed E-state index contributed by atoms with van der Waals surface area (Å²) in [5, 5.41) is 19.1. The number of β-amino-alcohol motifs (C(OH)–C–C–N with tert-alkyl or cyclic N) is 1. The molecule has 14 heteroatoms. The summed E-state index contributed by atoms with van der Waals surface area (Å²) in [6, 6.07) is 2.33. The van der Waals surface area contributed by atoms with Gasteiger partial charge < -0.3 is 34.7 Å². The number of pyridine rings is 1. The number of methoxy groups -OCH3 is 1. The number of nitrogens with zero attached hydrogens (tertiary/aromatic N) is 5. The molecule has 0 amide bonds. The summed E-state index contributed by atoms with van der Waals surface area (Å²) in [5.74, 6) is 0.249. The van der Waals surface area contributed by atoms with Crippen LogP contribution in [0.25, 0.3) is 22.2 Å². The number of benzene rings is 1. The first kappa shape index (κ1) is 34.4. The first-order valence-corrected chi connectivity index (χ1v) is 17.6. The number of ether oxygens (including phenoxy) is 4. The summed E-state index contributed by atoms with van der Waals surface area (Å²) in [5.41, 5.74) is 7.26. The molecule has 266 valence electrons. The first-order valence-electron chi connectivity index (χ1n) is 17.3. The molecular formula is C35H47ClFN7O5. The minimum atomic E-state index is -1.19. The fourth-order valence-electron chi connectivity index (χ4n) is 8.35. The summed E-state index contributed by atoms with van der Waals surface area (Å²) in [6.07, 6.45) is 7.34. The lowest BCUT2D eigenvalue weighted by Crippen LogP contribution is -2.54. The lowest BCUT2D eigenvalue weighted by Gasteiger charge is -2.48. The van der Waals surface area contributed by atoms with Crippen molar-refractivity contribution >= 4 is 34.0 Å². The van der Waals surface area contributed by atoms with E-state index in [0.29, 0.717) is 59.0 Å². The van der Waals surface area contributed by atoms with E-state index in [1.54, 1.807) is 13.1 Å². The fraction of sp³-hybridized carbons (Fsp3) is 0.629. The number of hydrogen-bond donors (Lipinski definition) is 3. The highest BCUT2D eigenvalue weighted by Crippen LogP contribution is 2.48. The molecule has 0 bridgehead atoms. The van der Waals surface area contributed by atoms with Gasteiger partial charge in [-0.15, -0.1) is 0 Å². The molecule has 1 aromatic carbocycles. The van der Waals surface area contributed by atoms with Crippen LogP contribution in [0.4, 0.5) is 10.1 Å². The lowest BCUT2D eigenvalue weighted by molar-refractivity contribution is -0.0806. The number of likely N-dealkylation sites (tertiary alicyclic amines) is 1. The predicted octanol–water partition coefficient (Wildman–Crippen LogP) is 4.40. The van der Waals surface area contributed by atoms with Gasteiger partial charge in [-0.2, -0.15) is 5.10 Å². The summed E-state index contributed by atoms with van der Waals surface area (Å²) >= 11 is 6.76. The van der Waals surface area contributed by atoms with Gasteiger partial charge in [0.1, 0.15) is 29.4 Å². The van der Waals surface area contributed by atoms with E-state index in [1.165, 1.54) is 20.0 Å². The quantitative estimate of drug-likeness (QED) is 0.167. The molecule has 3 aliphatic heterocycles. The Kier molecular flexibility index (Phi) is 9.77. The fourth-order valence-corrected chi connectivity index (χ4v) is 8.60. The Hall–Kier alpha value is -3.07. The van der Waals surface area contributed by atoms with E-state index in [0.717, 1.165) is 51.1 Å². The number of nitrogen functional groups attached to an aromatic ring is 1. The molecule has 12 nitrogen and oxygen atoms in total. The monoisotopic (exact) mass is 699 g/mol. The van der Waals surface area contributed by atoms with Crippen LogP contribution in [0.3, 0.4) is 0 Å². The van der Waals surface area contributed by atoms with Gasteiger partial charge in [-0.3, -0.25) is 10.00 Å². The lowest BCUT2D eigenvalue weighted by atomic mass is 9.75. The number of hydrogen-bond acceptors (Lipinski definition) is 10. The zero-order valence-corrected chi connectivity index (χ0v) is 29.3. The molecule has 7 rings (SSSR count). The minimum Gasteiger partial charge on any atom is -0.480 e. The average molecular weight is 700 g/mol. The van der Waals surface area contributed by atoms with Crippen LogP contribution in [0.1, 0.15) is 50.2 Å². The Morgan fingerprint density at radius 1 is 1.27 bits per heavy atom. The van der Waals surface area contributed by atoms with Crippen molar-refractivity contribution in [3.63, 3.8) is 0 Å². The van der Waals surface area contributed by atoms with Gasteiger partial charge in [-0.1, -0.05) is 18.0 Å². The van der Waals surface area contributed by atoms with E-state index < -0.39 is 11.4 Å². The topological polar surface area (TPSA) is 144 Å². The van der Waals surface area contributed by atoms with Gasteiger partial charge in [-0.25, -0.2) is 14.4 Å². The van der Waals surface area contributed by atoms with Crippen molar-refractivity contribution in [2.24, 2.45) is 16.3 Å². The summed E-state index contributed by atoms with van der Waals surface area (Å²) in [6.45, 7) is 9.07. The van der Waals surface area contributed by atoms with Crippen LogP contribution in [0.15, 0.2) is 17.3 Å². The van der Waals surface area contributed by atoms with Crippen molar-refractivity contribution in [1.82, 2.24) is 25.0 Å². The van der Waals surface area contributed by atoms with Gasteiger partial charge in [0.05, 0.1) is 69.1 Å². The van der Waals surface area contributed by atoms with Crippen LogP contribution in [-0.2, 0) is 14.2 Å². The maximum atomic E-state index is 16.6. The SMILES string of the molecule is COc1nc(-c2c(Cl)c(C)cc3[nH]ncc23)c(F)c(N)c1/C(=N\COC[C@]12CCC[C@H]1N(CC1COC1)CCC2)N1CCOC[C@@](C)(O)C1. The number of aromatic amines is 1. The Morgan fingerprint density at radius 2 is 2.08 bits per heavy atom. The van der Waals surface area contributed by atoms with Crippen LogP contribution < -0.4 is 10.5 Å². The molecule has 0 radical (unpaired) electrons. The van der Waals surface area contributed by atoms with Gasteiger partial charge in [-0.05, 0) is 57.7 Å². The Balaban J connectivity index is 1.22. The Labute approximate surface area is 291 Å². The molecule has 49 heavy (non-hydrogen) atoms. The molecule has 3 saturated heterocycles. The molecular weight excluding hydrogens is 653 g/mol. The van der Waals surface area contributed by atoms with Crippen LogP contribution in [0.2, 0.25) is 5.02 Å². The number of amidine groups is 1. The van der Waals surface area contributed by atoms with Crippen molar-refractivity contribution in [3.8, 4) is 17.1 Å². The van der Waals surface area contributed by atoms with E-state index in [2.05, 4.69) is 20.1 Å². The van der Waals surface area contributed by atoms with Crippen molar-refractivity contribution in [3.05, 3.63) is 34.2 Å². The van der Waals surface area contributed by atoms with Crippen molar-refractivity contribution in [1.29, 1.82) is 0 Å². The third-order valence-corrected chi connectivity index (χ3v) is 11.2. The van der Waals surface area contributed by atoms with Crippen molar-refractivity contribution < 1.29 is 28.4 Å². The molecule has 0 unspecified atom stereocenters. The molecule has 0 spiro atoms. The molecule has 3 atom stereocenters. The summed E-state index contributed by atoms with van der Waals surface area (Å²) in [7, 11) is 1.46. The van der Waals surface area contributed by atoms with E-state index in [4.69, 9.17) is 41.3 Å². The van der Waals surface area contributed by atoms with E-state index in [9.17, 15) is 5.11 Å². The van der Waals surface area contributed by atoms with E-state index >= 15 is 4.39 Å². The van der Waals surface area contributed by atoms with Gasteiger partial charge in [0.2, 0.25) is 5.88 Å². The van der Waals surface area contributed by atoms with Gasteiger partial charge in [0.15, 0.2) is 5.82 Å². The minimum absolute atomic E-state index is 0.0189. The maximum absolute atomic E-state index is 16.6. The number of aromatic nitrogens is 3. The number of anilines is 1. The molecule has 5 heterocycles. The second kappa shape index (κ2) is 13.9. The van der Waals surface area contributed by atoms with Crippen molar-refractivity contribution in [2.45, 2.75) is 57.6 Å². The molecule has 4 aliphatic rings. The third-order valence-electron chi connectivity index (χ3n) is 10.7. The molecule has 1 aliphatic carbocycles. The standard InChI is InChI=1S/C35H47ClFN7O5/c1-21-12-24-23(13-40-42-24)26(28(21)36)31-29(37)30(38)27(33(41-31)46-3)32(44-10-11-47-18-34(2,45)17-44)39-20-49-19-35-7-4-6-25(35)43(9-5-8-35)14-22-15-48-16-22/h12-13,22,25,45H,4-11,14-20H2,1-3H3,(H2,38,41)(H,40,42)/b39-32+/t25-,34+,35-/m1/s1. The highest BCUT2D eigenvalue weighted by molar-refractivity contribution is 6.35. The molecule has 4 N–H and O–H groups in total. The Bertz CT molecular complexity index is 1720. The van der Waals surface area contributed by atoms with Gasteiger partial charge >= 0.3 is 0 Å². The zero-order chi connectivity index (χ0) is 34.3. The normalized spacial score (nSPS) is 26.9. The highest BCUT2D eigenvalue weighted by Gasteiger charge is 2.48. The Morgan fingerprint density at radius 3 is 2.86 bits per heavy atom. The maximum Gasteiger partial charge on any atom is 0.227 e. The molecule has 4 fully saturated rings. The smallest absolute Gasteiger partial charge is 0.227 e. The van der Waals surface area contributed by atoms with Crippen LogP contribution in [-0.4, -0.2) is 121 Å². The first-order chi connectivity index (χ1) is 23.6. The van der Waals surface area contributed by atoms with Crippen LogP contribution in [0, 0.1) is 24.1 Å². The van der Waals surface area contributed by atoms with Crippen molar-refractivity contribution in [2.75, 3.05) is 78.8 Å². The average Bonchev–Trinajstić information content (AvgIpc) is 3.66. The number of aliphatic imine (C=N–C) groups is 1. The second-order valence-electron chi connectivity index (χ2n) is 14.5. The third kappa shape index (κ3) is 6.61. The molecule has 2 aromatic heterocycles. The predicted molar refractivity (Wildman–Crippen MR) is 186 cm³/mol. The summed E-state index contributed by atoms with van der Waals surface area (Å²) < 4.78 is 40.0. The number of nitrogens with two attached hydrogens (primary N) is 1.